The molecule has 27 heavy (non-hydrogen) atoms. The number of fused-ring (bicyclic) bond motifs is 1. The molecule has 3 N–H and O–H groups in total. The second-order valence-corrected chi connectivity index (χ2v) is 8.93. The predicted octanol–water partition coefficient (Wildman–Crippen LogP) is 1.85. The molecule has 6 heteroatoms. The first kappa shape index (κ1) is 17.2. The molecular formula is C21H25NO5. The maximum atomic E-state index is 12.4. The molecule has 6 nitrogen and oxygen atoms in total. The van der Waals surface area contributed by atoms with Crippen molar-refractivity contribution < 1.29 is 24.9 Å². The van der Waals surface area contributed by atoms with E-state index in [0.717, 1.165) is 18.7 Å². The van der Waals surface area contributed by atoms with Crippen LogP contribution in [-0.4, -0.2) is 56.7 Å². The van der Waals surface area contributed by atoms with E-state index >= 15 is 0 Å². The average molecular weight is 371 g/mol. The number of hydrogen-bond acceptors (Lipinski definition) is 5. The van der Waals surface area contributed by atoms with Crippen LogP contribution in [0.4, 0.5) is 0 Å². The molecule has 2 bridgehead atoms. The van der Waals surface area contributed by atoms with Crippen LogP contribution in [0.2, 0.25) is 0 Å². The summed E-state index contributed by atoms with van der Waals surface area (Å²) in [6.07, 6.45) is 4.55. The number of nitrogens with zero attached hydrogens (tertiary/aromatic N) is 1. The highest BCUT2D eigenvalue weighted by Crippen LogP contribution is 2.60. The van der Waals surface area contributed by atoms with Crippen LogP contribution in [0.3, 0.4) is 0 Å². The number of aromatic carboxylic acids is 1. The molecule has 1 aromatic carbocycles. The van der Waals surface area contributed by atoms with Crippen LogP contribution in [0.25, 0.3) is 0 Å². The third kappa shape index (κ3) is 2.26. The van der Waals surface area contributed by atoms with Gasteiger partial charge in [0.05, 0.1) is 5.60 Å². The molecule has 3 atom stereocenters. The molecule has 1 aromatic rings. The predicted molar refractivity (Wildman–Crippen MR) is 97.0 cm³/mol. The van der Waals surface area contributed by atoms with Crippen molar-refractivity contribution in [2.24, 2.45) is 5.92 Å². The normalized spacial score (nSPS) is 35.4. The first-order chi connectivity index (χ1) is 12.9. The summed E-state index contributed by atoms with van der Waals surface area (Å²) in [4.78, 5) is 26.4. The molecule has 144 valence electrons. The zero-order chi connectivity index (χ0) is 19.0. The molecule has 2 saturated carbocycles. The third-order valence-corrected chi connectivity index (χ3v) is 7.51. The number of Topliss-reactive ketones (excluding diaryl/α,β-unsaturated/α-hetero) is 1. The Morgan fingerprint density at radius 3 is 2.74 bits per heavy atom. The summed E-state index contributed by atoms with van der Waals surface area (Å²) in [5, 5.41) is 32.2. The molecule has 3 aliphatic carbocycles. The molecule has 1 heterocycles. The number of carbonyl (C=O) groups excluding carboxylic acids is 1. The van der Waals surface area contributed by atoms with Crippen molar-refractivity contribution in [2.45, 2.75) is 62.0 Å². The lowest BCUT2D eigenvalue weighted by atomic mass is 9.49. The quantitative estimate of drug-likeness (QED) is 0.750. The van der Waals surface area contributed by atoms with Gasteiger partial charge in [-0.25, -0.2) is 4.79 Å². The van der Waals surface area contributed by atoms with Crippen molar-refractivity contribution in [3.05, 3.63) is 28.8 Å². The Bertz CT molecular complexity index is 847. The maximum Gasteiger partial charge on any atom is 0.339 e. The van der Waals surface area contributed by atoms with Gasteiger partial charge in [0.15, 0.2) is 0 Å². The van der Waals surface area contributed by atoms with E-state index in [1.165, 1.54) is 18.9 Å². The molecule has 5 rings (SSSR count). The molecule has 0 radical (unpaired) electrons. The van der Waals surface area contributed by atoms with Gasteiger partial charge in [-0.3, -0.25) is 9.69 Å². The average Bonchev–Trinajstić information content (AvgIpc) is 3.42. The van der Waals surface area contributed by atoms with Crippen LogP contribution in [0.5, 0.6) is 5.75 Å². The van der Waals surface area contributed by atoms with Gasteiger partial charge in [0.25, 0.3) is 0 Å². The number of aliphatic hydroxyl groups is 1. The van der Waals surface area contributed by atoms with Gasteiger partial charge in [0, 0.05) is 36.4 Å². The standard InChI is InChI=1S/C21H25NO5/c23-14-5-6-21(27)16-9-13-3-4-15(19(25)26)18(24)17(13)20(21,10-14)7-8-22(16)11-12-1-2-12/h3-4,12,16,24,27H,1-2,5-11H2,(H,25,26)/t16-,20-,21-/m1/s1. The lowest BCUT2D eigenvalue weighted by Gasteiger charge is -2.63. The zero-order valence-corrected chi connectivity index (χ0v) is 15.3. The second-order valence-electron chi connectivity index (χ2n) is 8.93. The van der Waals surface area contributed by atoms with E-state index in [1.807, 2.05) is 0 Å². The summed E-state index contributed by atoms with van der Waals surface area (Å²) < 4.78 is 0. The van der Waals surface area contributed by atoms with Gasteiger partial charge in [0.1, 0.15) is 17.1 Å². The molecule has 1 aliphatic heterocycles. The molecule has 0 amide bonds. The van der Waals surface area contributed by atoms with Crippen LogP contribution in [-0.2, 0) is 16.6 Å². The molecule has 0 spiro atoms. The van der Waals surface area contributed by atoms with Gasteiger partial charge in [-0.15, -0.1) is 0 Å². The minimum Gasteiger partial charge on any atom is -0.507 e. The van der Waals surface area contributed by atoms with Crippen LogP contribution < -0.4 is 0 Å². The summed E-state index contributed by atoms with van der Waals surface area (Å²) in [5.41, 5.74) is -0.740. The van der Waals surface area contributed by atoms with E-state index in [2.05, 4.69) is 4.90 Å². The minimum atomic E-state index is -1.19. The minimum absolute atomic E-state index is 0.0810. The number of piperidine rings is 1. The number of carboxylic acid groups (broad SMARTS) is 1. The number of ketones is 1. The van der Waals surface area contributed by atoms with Crippen molar-refractivity contribution in [1.82, 2.24) is 4.90 Å². The van der Waals surface area contributed by atoms with E-state index < -0.39 is 17.0 Å². The maximum absolute atomic E-state index is 12.4. The Kier molecular flexibility index (Phi) is 3.53. The molecule has 4 aliphatic rings. The van der Waals surface area contributed by atoms with Gasteiger partial charge in [-0.1, -0.05) is 6.07 Å². The highest BCUT2D eigenvalue weighted by molar-refractivity contribution is 5.92. The van der Waals surface area contributed by atoms with Gasteiger partial charge in [-0.05, 0) is 56.2 Å². The number of aromatic hydroxyl groups is 1. The van der Waals surface area contributed by atoms with E-state index in [0.29, 0.717) is 37.2 Å². The van der Waals surface area contributed by atoms with Crippen LogP contribution in [0.1, 0.15) is 60.0 Å². The van der Waals surface area contributed by atoms with Gasteiger partial charge in [-0.2, -0.15) is 0 Å². The largest absolute Gasteiger partial charge is 0.507 e. The summed E-state index contributed by atoms with van der Waals surface area (Å²) in [7, 11) is 0. The van der Waals surface area contributed by atoms with E-state index in [1.54, 1.807) is 6.07 Å². The van der Waals surface area contributed by atoms with Crippen molar-refractivity contribution in [3.63, 3.8) is 0 Å². The Morgan fingerprint density at radius 2 is 2.04 bits per heavy atom. The monoisotopic (exact) mass is 371 g/mol. The smallest absolute Gasteiger partial charge is 0.339 e. The number of benzene rings is 1. The highest BCUT2D eigenvalue weighted by atomic mass is 16.4. The van der Waals surface area contributed by atoms with E-state index in [4.69, 9.17) is 0 Å². The summed E-state index contributed by atoms with van der Waals surface area (Å²) in [5.74, 6) is -0.662. The fourth-order valence-electron chi connectivity index (χ4n) is 6.03. The highest BCUT2D eigenvalue weighted by Gasteiger charge is 2.65. The first-order valence-electron chi connectivity index (χ1n) is 9.92. The van der Waals surface area contributed by atoms with E-state index in [-0.39, 0.29) is 29.6 Å². The third-order valence-electron chi connectivity index (χ3n) is 7.51. The fourth-order valence-corrected chi connectivity index (χ4v) is 6.03. The zero-order valence-electron chi connectivity index (χ0n) is 15.3. The van der Waals surface area contributed by atoms with Crippen molar-refractivity contribution in [1.29, 1.82) is 0 Å². The topological polar surface area (TPSA) is 98.1 Å². The van der Waals surface area contributed by atoms with Crippen molar-refractivity contribution >= 4 is 11.8 Å². The number of rotatable bonds is 3. The fraction of sp³-hybridized carbons (Fsp3) is 0.619. The SMILES string of the molecule is O=C1CC[C@@]2(O)[C@H]3Cc4ccc(C(=O)O)c(O)c4[C@@]2(CCN3CC2CC2)C1. The Morgan fingerprint density at radius 1 is 1.26 bits per heavy atom. The number of likely N-dealkylation sites (tertiary alicyclic amines) is 1. The second kappa shape index (κ2) is 5.55. The molecule has 1 saturated heterocycles. The van der Waals surface area contributed by atoms with Gasteiger partial charge in [0.2, 0.25) is 0 Å². The summed E-state index contributed by atoms with van der Waals surface area (Å²) in [6.45, 7) is 1.75. The van der Waals surface area contributed by atoms with E-state index in [9.17, 15) is 24.9 Å². The summed E-state index contributed by atoms with van der Waals surface area (Å²) in [6, 6.07) is 3.14. The molecule has 0 unspecified atom stereocenters. The van der Waals surface area contributed by atoms with Crippen LogP contribution >= 0.6 is 0 Å². The molecule has 0 aromatic heterocycles. The van der Waals surface area contributed by atoms with Crippen LogP contribution in [0, 0.1) is 5.92 Å². The molecule has 3 fully saturated rings. The lowest BCUT2D eigenvalue weighted by Crippen LogP contribution is -2.73. The Balaban J connectivity index is 1.70. The number of phenols is 1. The van der Waals surface area contributed by atoms with Gasteiger partial charge >= 0.3 is 5.97 Å². The summed E-state index contributed by atoms with van der Waals surface area (Å²) >= 11 is 0. The van der Waals surface area contributed by atoms with Crippen molar-refractivity contribution in [3.8, 4) is 5.75 Å². The van der Waals surface area contributed by atoms with Gasteiger partial charge < -0.3 is 15.3 Å². The Labute approximate surface area is 157 Å². The Hall–Kier alpha value is -1.92. The molecular weight excluding hydrogens is 346 g/mol. The first-order valence-corrected chi connectivity index (χ1v) is 9.92. The number of carboxylic acids is 1. The van der Waals surface area contributed by atoms with Crippen molar-refractivity contribution in [2.75, 3.05) is 13.1 Å². The lowest BCUT2D eigenvalue weighted by molar-refractivity contribution is -0.173. The number of carbonyl (C=O) groups is 2. The number of hydrogen-bond donors (Lipinski definition) is 3. The van der Waals surface area contributed by atoms with Crippen LogP contribution in [0.15, 0.2) is 12.1 Å².